The first-order chi connectivity index (χ1) is 14.1. The van der Waals surface area contributed by atoms with Crippen LogP contribution in [0.4, 0.5) is 0 Å². The Morgan fingerprint density at radius 2 is 1.86 bits per heavy atom. The van der Waals surface area contributed by atoms with Crippen molar-refractivity contribution >= 4 is 5.97 Å². The Kier molecular flexibility index (Phi) is 5.10. The lowest BCUT2D eigenvalue weighted by Crippen LogP contribution is -2.06. The van der Waals surface area contributed by atoms with E-state index in [0.29, 0.717) is 17.3 Å². The van der Waals surface area contributed by atoms with Crippen LogP contribution in [0.1, 0.15) is 41.6 Å². The van der Waals surface area contributed by atoms with Gasteiger partial charge in [0.2, 0.25) is 5.82 Å². The van der Waals surface area contributed by atoms with E-state index < -0.39 is 5.97 Å². The van der Waals surface area contributed by atoms with Crippen molar-refractivity contribution in [2.75, 3.05) is 0 Å². The van der Waals surface area contributed by atoms with E-state index in [1.54, 1.807) is 24.3 Å². The van der Waals surface area contributed by atoms with Gasteiger partial charge in [0.1, 0.15) is 6.33 Å². The summed E-state index contributed by atoms with van der Waals surface area (Å²) < 4.78 is 11.9. The fraction of sp³-hybridized carbons (Fsp3) is 0.200. The van der Waals surface area contributed by atoms with E-state index >= 15 is 0 Å². The molecule has 2 aromatic carbocycles. The van der Waals surface area contributed by atoms with Gasteiger partial charge in [0.15, 0.2) is 6.61 Å². The van der Waals surface area contributed by atoms with E-state index in [0.717, 1.165) is 11.3 Å². The van der Waals surface area contributed by atoms with Crippen molar-refractivity contribution in [3.05, 3.63) is 71.9 Å². The number of carbonyl (C=O) groups is 1. The van der Waals surface area contributed by atoms with E-state index in [9.17, 15) is 4.79 Å². The topological polar surface area (TPSA) is 109 Å². The second-order valence-corrected chi connectivity index (χ2v) is 6.67. The van der Waals surface area contributed by atoms with Crippen molar-refractivity contribution < 1.29 is 14.1 Å². The standard InChI is InChI=1S/C20H18N6O3/c1-13(2)14-3-5-15(6-4-14)19-22-18(29-23-19)11-28-20(27)16-7-9-17(10-8-16)26-12-21-24-25-26/h3-10,12-13H,11H2,1-2H3. The second kappa shape index (κ2) is 8.01. The first-order valence-corrected chi connectivity index (χ1v) is 9.03. The van der Waals surface area contributed by atoms with Crippen LogP contribution in [-0.2, 0) is 11.3 Å². The molecule has 0 radical (unpaired) electrons. The number of ether oxygens (including phenoxy) is 1. The monoisotopic (exact) mass is 390 g/mol. The summed E-state index contributed by atoms with van der Waals surface area (Å²) in [6, 6.07) is 14.7. The van der Waals surface area contributed by atoms with Gasteiger partial charge in [-0.3, -0.25) is 0 Å². The molecular weight excluding hydrogens is 372 g/mol. The van der Waals surface area contributed by atoms with Crippen LogP contribution < -0.4 is 0 Å². The highest BCUT2D eigenvalue weighted by Gasteiger charge is 2.13. The molecule has 0 saturated carbocycles. The van der Waals surface area contributed by atoms with Gasteiger partial charge in [-0.25, -0.2) is 9.48 Å². The molecule has 0 bridgehead atoms. The van der Waals surface area contributed by atoms with Gasteiger partial charge in [-0.2, -0.15) is 4.98 Å². The largest absolute Gasteiger partial charge is 0.452 e. The van der Waals surface area contributed by atoms with Gasteiger partial charge in [-0.1, -0.05) is 43.3 Å². The molecule has 146 valence electrons. The molecule has 0 atom stereocenters. The van der Waals surface area contributed by atoms with Crippen LogP contribution in [0.25, 0.3) is 17.1 Å². The summed E-state index contributed by atoms with van der Waals surface area (Å²) in [5.41, 5.74) is 3.20. The quantitative estimate of drug-likeness (QED) is 0.462. The van der Waals surface area contributed by atoms with Gasteiger partial charge in [-0.05, 0) is 46.2 Å². The molecule has 9 heteroatoms. The molecule has 2 aromatic heterocycles. The van der Waals surface area contributed by atoms with Crippen molar-refractivity contribution in [1.29, 1.82) is 0 Å². The summed E-state index contributed by atoms with van der Waals surface area (Å²) in [5.74, 6) is 0.643. The molecule has 0 saturated heterocycles. The van der Waals surface area contributed by atoms with Crippen LogP contribution in [0.15, 0.2) is 59.4 Å². The summed E-state index contributed by atoms with van der Waals surface area (Å²) in [7, 11) is 0. The zero-order valence-corrected chi connectivity index (χ0v) is 15.9. The Bertz CT molecular complexity index is 1090. The highest BCUT2D eigenvalue weighted by molar-refractivity contribution is 5.89. The maximum absolute atomic E-state index is 12.2. The predicted molar refractivity (Wildman–Crippen MR) is 102 cm³/mol. The zero-order valence-electron chi connectivity index (χ0n) is 15.9. The first kappa shape index (κ1) is 18.5. The average molecular weight is 390 g/mol. The minimum absolute atomic E-state index is 0.106. The first-order valence-electron chi connectivity index (χ1n) is 9.03. The number of rotatable bonds is 6. The Labute approximate surface area is 166 Å². The number of tetrazole rings is 1. The molecule has 0 fully saturated rings. The van der Waals surface area contributed by atoms with Gasteiger partial charge in [0.25, 0.3) is 5.89 Å². The summed E-state index contributed by atoms with van der Waals surface area (Å²) in [6.45, 7) is 4.16. The van der Waals surface area contributed by atoms with Crippen LogP contribution in [0, 0.1) is 0 Å². The number of nitrogens with zero attached hydrogens (tertiary/aromatic N) is 6. The highest BCUT2D eigenvalue weighted by atomic mass is 16.6. The van der Waals surface area contributed by atoms with Crippen LogP contribution >= 0.6 is 0 Å². The lowest BCUT2D eigenvalue weighted by atomic mass is 10.0. The summed E-state index contributed by atoms with van der Waals surface area (Å²) in [6.07, 6.45) is 1.47. The molecule has 4 aromatic rings. The third-order valence-electron chi connectivity index (χ3n) is 4.35. The fourth-order valence-electron chi connectivity index (χ4n) is 2.69. The SMILES string of the molecule is CC(C)c1ccc(-c2noc(COC(=O)c3ccc(-n4cnnn4)cc3)n2)cc1. The molecule has 29 heavy (non-hydrogen) atoms. The third kappa shape index (κ3) is 4.18. The zero-order chi connectivity index (χ0) is 20.2. The van der Waals surface area contributed by atoms with Crippen molar-refractivity contribution in [3.63, 3.8) is 0 Å². The third-order valence-corrected chi connectivity index (χ3v) is 4.35. The molecule has 0 aliphatic carbocycles. The van der Waals surface area contributed by atoms with Crippen molar-refractivity contribution in [3.8, 4) is 17.1 Å². The van der Waals surface area contributed by atoms with Crippen molar-refractivity contribution in [2.24, 2.45) is 0 Å². The van der Waals surface area contributed by atoms with Gasteiger partial charge < -0.3 is 9.26 Å². The summed E-state index contributed by atoms with van der Waals surface area (Å²) in [4.78, 5) is 16.5. The van der Waals surface area contributed by atoms with E-state index in [2.05, 4.69) is 39.5 Å². The maximum Gasteiger partial charge on any atom is 0.338 e. The Morgan fingerprint density at radius 1 is 1.10 bits per heavy atom. The van der Waals surface area contributed by atoms with E-state index in [1.165, 1.54) is 16.6 Å². The molecule has 0 unspecified atom stereocenters. The minimum atomic E-state index is -0.491. The second-order valence-electron chi connectivity index (χ2n) is 6.67. The molecule has 0 aliphatic heterocycles. The smallest absolute Gasteiger partial charge is 0.338 e. The van der Waals surface area contributed by atoms with Gasteiger partial charge in [-0.15, -0.1) is 5.10 Å². The van der Waals surface area contributed by atoms with Crippen molar-refractivity contribution in [1.82, 2.24) is 30.3 Å². The number of hydrogen-bond donors (Lipinski definition) is 0. The van der Waals surface area contributed by atoms with E-state index in [-0.39, 0.29) is 12.5 Å². The molecule has 0 N–H and O–H groups in total. The van der Waals surface area contributed by atoms with Gasteiger partial charge in [0.05, 0.1) is 11.3 Å². The Hall–Kier alpha value is -3.88. The Balaban J connectivity index is 1.37. The van der Waals surface area contributed by atoms with Gasteiger partial charge in [0, 0.05) is 5.56 Å². The number of benzene rings is 2. The fourth-order valence-corrected chi connectivity index (χ4v) is 2.69. The Morgan fingerprint density at radius 3 is 2.52 bits per heavy atom. The lowest BCUT2D eigenvalue weighted by molar-refractivity contribution is 0.0430. The highest BCUT2D eigenvalue weighted by Crippen LogP contribution is 2.20. The summed E-state index contributed by atoms with van der Waals surface area (Å²) in [5, 5.41) is 14.9. The number of carbonyl (C=O) groups excluding carboxylic acids is 1. The van der Waals surface area contributed by atoms with E-state index in [1.807, 2.05) is 24.3 Å². The van der Waals surface area contributed by atoms with Crippen LogP contribution in [0.5, 0.6) is 0 Å². The number of aromatic nitrogens is 6. The maximum atomic E-state index is 12.2. The molecule has 0 amide bonds. The van der Waals surface area contributed by atoms with Crippen LogP contribution in [0.2, 0.25) is 0 Å². The van der Waals surface area contributed by atoms with E-state index in [4.69, 9.17) is 9.26 Å². The molecule has 0 aliphatic rings. The molecule has 4 rings (SSSR count). The number of hydrogen-bond acceptors (Lipinski definition) is 8. The normalized spacial score (nSPS) is 11.0. The minimum Gasteiger partial charge on any atom is -0.452 e. The average Bonchev–Trinajstić information content (AvgIpc) is 3.44. The molecule has 2 heterocycles. The molecule has 0 spiro atoms. The number of esters is 1. The summed E-state index contributed by atoms with van der Waals surface area (Å²) >= 11 is 0. The van der Waals surface area contributed by atoms with Gasteiger partial charge >= 0.3 is 5.97 Å². The lowest BCUT2D eigenvalue weighted by Gasteiger charge is -2.04. The van der Waals surface area contributed by atoms with Crippen LogP contribution in [-0.4, -0.2) is 36.3 Å². The molecule has 9 nitrogen and oxygen atoms in total. The predicted octanol–water partition coefficient (Wildman–Crippen LogP) is 3.19. The van der Waals surface area contributed by atoms with Crippen LogP contribution in [0.3, 0.4) is 0 Å². The van der Waals surface area contributed by atoms with Crippen molar-refractivity contribution in [2.45, 2.75) is 26.4 Å². The molecular formula is C20H18N6O3.